The van der Waals surface area contributed by atoms with E-state index in [1.165, 1.54) is 57.8 Å². The monoisotopic (exact) mass is 885 g/mol. The fraction of sp³-hybridized carbons (Fsp3) is 0.627. The largest absolute Gasteiger partial charge is 0.462 e. The molecule has 0 amide bonds. The van der Waals surface area contributed by atoms with Gasteiger partial charge in [0, 0.05) is 19.4 Å². The predicted octanol–water partition coefficient (Wildman–Crippen LogP) is 17.8. The summed E-state index contributed by atoms with van der Waals surface area (Å²) in [7, 11) is 0. The van der Waals surface area contributed by atoms with E-state index in [0.717, 1.165) is 122 Å². The Morgan fingerprint density at radius 3 is 1.17 bits per heavy atom. The Morgan fingerprint density at radius 1 is 0.359 bits per heavy atom. The van der Waals surface area contributed by atoms with Gasteiger partial charge in [-0.1, -0.05) is 194 Å². The molecule has 0 aromatic carbocycles. The number of carbonyl (C=O) groups is 2. The molecule has 0 fully saturated rings. The summed E-state index contributed by atoms with van der Waals surface area (Å²) in [6, 6.07) is 0. The molecule has 0 saturated carbocycles. The van der Waals surface area contributed by atoms with E-state index in [-0.39, 0.29) is 25.2 Å². The molecule has 0 radical (unpaired) electrons. The van der Waals surface area contributed by atoms with Gasteiger partial charge < -0.3 is 14.2 Å². The van der Waals surface area contributed by atoms with Crippen LogP contribution in [-0.4, -0.2) is 37.9 Å². The van der Waals surface area contributed by atoms with Crippen molar-refractivity contribution in [3.63, 3.8) is 0 Å². The third-order valence-corrected chi connectivity index (χ3v) is 10.5. The number of allylic oxidation sites excluding steroid dienone is 20. The zero-order valence-electron chi connectivity index (χ0n) is 41.5. The molecule has 0 aliphatic heterocycles. The highest BCUT2D eigenvalue weighted by Gasteiger charge is 2.17. The van der Waals surface area contributed by atoms with Crippen LogP contribution in [0, 0.1) is 0 Å². The lowest BCUT2D eigenvalue weighted by Crippen LogP contribution is -2.30. The summed E-state index contributed by atoms with van der Waals surface area (Å²) in [6.07, 6.45) is 75.0. The van der Waals surface area contributed by atoms with Gasteiger partial charge in [-0.25, -0.2) is 0 Å². The first kappa shape index (κ1) is 60.3. The van der Waals surface area contributed by atoms with E-state index in [1.807, 2.05) is 0 Å². The summed E-state index contributed by atoms with van der Waals surface area (Å²) in [5.74, 6) is -0.487. The third-order valence-electron chi connectivity index (χ3n) is 10.5. The Balaban J connectivity index is 4.46. The third kappa shape index (κ3) is 50.9. The average Bonchev–Trinajstić information content (AvgIpc) is 3.30. The molecule has 0 heterocycles. The van der Waals surface area contributed by atoms with E-state index in [4.69, 9.17) is 14.2 Å². The number of unbranched alkanes of at least 4 members (excludes halogenated alkanes) is 15. The topological polar surface area (TPSA) is 61.8 Å². The quantitative estimate of drug-likeness (QED) is 0.0346. The van der Waals surface area contributed by atoms with E-state index in [0.29, 0.717) is 19.4 Å². The van der Waals surface area contributed by atoms with Crippen LogP contribution in [0.15, 0.2) is 122 Å². The van der Waals surface area contributed by atoms with Gasteiger partial charge in [-0.05, 0) is 128 Å². The smallest absolute Gasteiger partial charge is 0.306 e. The molecule has 1 atom stereocenters. The Bertz CT molecular complexity index is 1320. The molecule has 0 spiro atoms. The molecule has 5 heteroatoms. The van der Waals surface area contributed by atoms with Crippen molar-refractivity contribution in [3.8, 4) is 0 Å². The van der Waals surface area contributed by atoms with Crippen molar-refractivity contribution in [2.75, 3.05) is 19.8 Å². The molecular formula is C59H96O5. The maximum Gasteiger partial charge on any atom is 0.306 e. The molecule has 1 unspecified atom stereocenters. The number of rotatable bonds is 46. The minimum atomic E-state index is -0.588. The molecule has 0 N–H and O–H groups in total. The fourth-order valence-corrected chi connectivity index (χ4v) is 6.64. The fourth-order valence-electron chi connectivity index (χ4n) is 6.64. The van der Waals surface area contributed by atoms with Gasteiger partial charge in [-0.15, -0.1) is 0 Å². The van der Waals surface area contributed by atoms with E-state index in [9.17, 15) is 9.59 Å². The number of esters is 2. The molecule has 0 bridgehead atoms. The van der Waals surface area contributed by atoms with Crippen molar-refractivity contribution >= 4 is 11.9 Å². The molecule has 0 aromatic heterocycles. The van der Waals surface area contributed by atoms with Gasteiger partial charge in [0.15, 0.2) is 6.10 Å². The number of hydrogen-bond donors (Lipinski definition) is 0. The first-order valence-electron chi connectivity index (χ1n) is 26.1. The first-order chi connectivity index (χ1) is 31.6. The lowest BCUT2D eigenvalue weighted by Gasteiger charge is -2.18. The van der Waals surface area contributed by atoms with Crippen molar-refractivity contribution in [1.29, 1.82) is 0 Å². The van der Waals surface area contributed by atoms with Gasteiger partial charge >= 0.3 is 11.9 Å². The van der Waals surface area contributed by atoms with E-state index >= 15 is 0 Å². The molecule has 0 aromatic rings. The van der Waals surface area contributed by atoms with Crippen LogP contribution in [0.3, 0.4) is 0 Å². The van der Waals surface area contributed by atoms with Crippen molar-refractivity contribution < 1.29 is 23.8 Å². The highest BCUT2D eigenvalue weighted by Crippen LogP contribution is 2.12. The summed E-state index contributed by atoms with van der Waals surface area (Å²) >= 11 is 0. The van der Waals surface area contributed by atoms with Gasteiger partial charge in [0.2, 0.25) is 0 Å². The minimum absolute atomic E-state index is 0.0356. The van der Waals surface area contributed by atoms with Gasteiger partial charge in [-0.2, -0.15) is 0 Å². The lowest BCUT2D eigenvalue weighted by atomic mass is 10.1. The van der Waals surface area contributed by atoms with E-state index in [2.05, 4.69) is 142 Å². The summed E-state index contributed by atoms with van der Waals surface area (Å²) < 4.78 is 17.3. The zero-order valence-corrected chi connectivity index (χ0v) is 41.5. The van der Waals surface area contributed by atoms with Crippen LogP contribution in [-0.2, 0) is 23.8 Å². The summed E-state index contributed by atoms with van der Waals surface area (Å²) in [4.78, 5) is 25.4. The summed E-state index contributed by atoms with van der Waals surface area (Å²) in [5.41, 5.74) is 0. The van der Waals surface area contributed by atoms with E-state index < -0.39 is 6.10 Å². The molecular weight excluding hydrogens is 789 g/mol. The minimum Gasteiger partial charge on any atom is -0.462 e. The average molecular weight is 885 g/mol. The van der Waals surface area contributed by atoms with Gasteiger partial charge in [0.1, 0.15) is 6.61 Å². The van der Waals surface area contributed by atoms with Crippen LogP contribution in [0.2, 0.25) is 0 Å². The second-order valence-corrected chi connectivity index (χ2v) is 16.7. The zero-order chi connectivity index (χ0) is 46.3. The van der Waals surface area contributed by atoms with Crippen molar-refractivity contribution in [1.82, 2.24) is 0 Å². The van der Waals surface area contributed by atoms with Crippen LogP contribution >= 0.6 is 0 Å². The Kier molecular flexibility index (Phi) is 50.5. The maximum atomic E-state index is 12.8. The maximum absolute atomic E-state index is 12.8. The van der Waals surface area contributed by atoms with Gasteiger partial charge in [0.05, 0.1) is 6.61 Å². The number of carbonyl (C=O) groups excluding carboxylic acids is 2. The van der Waals surface area contributed by atoms with Crippen LogP contribution < -0.4 is 0 Å². The van der Waals surface area contributed by atoms with Crippen molar-refractivity contribution in [2.45, 2.75) is 219 Å². The van der Waals surface area contributed by atoms with Crippen LogP contribution in [0.1, 0.15) is 213 Å². The van der Waals surface area contributed by atoms with Gasteiger partial charge in [0.25, 0.3) is 0 Å². The predicted molar refractivity (Wildman–Crippen MR) is 279 cm³/mol. The highest BCUT2D eigenvalue weighted by atomic mass is 16.6. The second-order valence-electron chi connectivity index (χ2n) is 16.7. The Morgan fingerprint density at radius 2 is 0.703 bits per heavy atom. The molecule has 0 rings (SSSR count). The van der Waals surface area contributed by atoms with E-state index in [1.54, 1.807) is 0 Å². The first-order valence-corrected chi connectivity index (χ1v) is 26.1. The lowest BCUT2D eigenvalue weighted by molar-refractivity contribution is -0.163. The highest BCUT2D eigenvalue weighted by molar-refractivity contribution is 5.70. The van der Waals surface area contributed by atoms with Gasteiger partial charge in [-0.3, -0.25) is 9.59 Å². The van der Waals surface area contributed by atoms with Crippen LogP contribution in [0.4, 0.5) is 0 Å². The normalized spacial score (nSPS) is 13.2. The molecule has 362 valence electrons. The molecule has 0 aliphatic rings. The second kappa shape index (κ2) is 53.6. The standard InChI is InChI=1S/C59H96O5/c1-4-7-10-13-16-19-22-25-28-29-30-33-36-39-42-45-48-51-54-62-55-57(64-59(61)53-50-47-44-41-38-35-32-27-24-21-18-15-12-9-6-3)56-63-58(60)52-49-46-43-40-37-34-31-26-23-20-17-14-11-8-5-2/h7-8,10-11,16-17,19-20,25-28,30-33,37,39-40,42,57H,4-6,9,12-15,18,21-24,29,34-36,38,41,43-56H2,1-3H3/b10-7-,11-8-,19-16-,20-17-,28-25-,31-26-,32-27-,33-30-,40-37-,42-39-. The summed E-state index contributed by atoms with van der Waals surface area (Å²) in [6.45, 7) is 7.43. The van der Waals surface area contributed by atoms with Crippen LogP contribution in [0.25, 0.3) is 0 Å². The van der Waals surface area contributed by atoms with Crippen molar-refractivity contribution in [3.05, 3.63) is 122 Å². The molecule has 0 saturated heterocycles. The SMILES string of the molecule is CC/C=C\C/C=C\C/C=C\C/C=C\C/C=C\CCCCOCC(COC(=O)CCCC/C=C\C/C=C\C/C=C\C/C=C\CC)OC(=O)CCCCCCC/C=C\CCCCCCCC. The summed E-state index contributed by atoms with van der Waals surface area (Å²) in [5, 5.41) is 0. The Labute approximate surface area is 395 Å². The molecule has 0 aliphatic carbocycles. The number of hydrogen-bond acceptors (Lipinski definition) is 5. The number of ether oxygens (including phenoxy) is 3. The molecule has 64 heavy (non-hydrogen) atoms. The van der Waals surface area contributed by atoms with Crippen molar-refractivity contribution in [2.24, 2.45) is 0 Å². The molecule has 5 nitrogen and oxygen atoms in total. The Hall–Kier alpha value is -3.70. The van der Waals surface area contributed by atoms with Crippen LogP contribution in [0.5, 0.6) is 0 Å².